The minimum atomic E-state index is -0.0759. The third-order valence-electron chi connectivity index (χ3n) is 5.83. The molecule has 1 fully saturated rings. The Kier molecular flexibility index (Phi) is 4.64. The topological polar surface area (TPSA) is 103 Å². The van der Waals surface area contributed by atoms with Gasteiger partial charge in [-0.3, -0.25) is 4.79 Å². The van der Waals surface area contributed by atoms with Crippen molar-refractivity contribution in [3.63, 3.8) is 0 Å². The Bertz CT molecular complexity index is 1440. The summed E-state index contributed by atoms with van der Waals surface area (Å²) < 4.78 is 7.15. The maximum Gasteiger partial charge on any atom is 0.280 e. The van der Waals surface area contributed by atoms with E-state index in [1.54, 1.807) is 16.9 Å². The molecule has 5 aromatic rings. The summed E-state index contributed by atoms with van der Waals surface area (Å²) in [4.78, 5) is 23.8. The summed E-state index contributed by atoms with van der Waals surface area (Å²) in [7, 11) is 0. The maximum atomic E-state index is 13.0. The predicted octanol–water partition coefficient (Wildman–Crippen LogP) is 3.63. The first-order chi connectivity index (χ1) is 16.2. The Hall–Kier alpha value is -4.40. The van der Waals surface area contributed by atoms with Crippen molar-refractivity contribution in [1.82, 2.24) is 35.0 Å². The number of rotatable bonds is 4. The first-order valence-corrected chi connectivity index (χ1v) is 10.7. The molecular formula is C24H19N7O2. The smallest absolute Gasteiger partial charge is 0.280 e. The van der Waals surface area contributed by atoms with Crippen molar-refractivity contribution in [2.75, 3.05) is 13.1 Å². The number of carbonyl (C=O) groups is 1. The molecule has 3 aromatic heterocycles. The van der Waals surface area contributed by atoms with Gasteiger partial charge in [0.15, 0.2) is 5.69 Å². The molecule has 9 nitrogen and oxygen atoms in total. The normalized spacial score (nSPS) is 15.9. The Balaban J connectivity index is 1.17. The van der Waals surface area contributed by atoms with Gasteiger partial charge in [0.1, 0.15) is 5.69 Å². The zero-order valence-electron chi connectivity index (χ0n) is 17.6. The van der Waals surface area contributed by atoms with Gasteiger partial charge in [-0.05, 0) is 18.6 Å². The molecule has 0 N–H and O–H groups in total. The Morgan fingerprint density at radius 2 is 1.82 bits per heavy atom. The Labute approximate surface area is 188 Å². The number of benzene rings is 2. The summed E-state index contributed by atoms with van der Waals surface area (Å²) in [6, 6.07) is 21.1. The highest BCUT2D eigenvalue weighted by molar-refractivity contribution is 5.95. The van der Waals surface area contributed by atoms with Crippen LogP contribution >= 0.6 is 0 Å². The maximum absolute atomic E-state index is 13.0. The van der Waals surface area contributed by atoms with Gasteiger partial charge in [-0.15, -0.1) is 5.10 Å². The van der Waals surface area contributed by atoms with E-state index in [1.165, 1.54) is 0 Å². The molecule has 4 heterocycles. The summed E-state index contributed by atoms with van der Waals surface area (Å²) >= 11 is 0. The third kappa shape index (κ3) is 3.63. The fourth-order valence-corrected chi connectivity index (χ4v) is 4.07. The number of pyridine rings is 1. The Morgan fingerprint density at radius 3 is 2.73 bits per heavy atom. The van der Waals surface area contributed by atoms with Crippen molar-refractivity contribution < 1.29 is 9.32 Å². The van der Waals surface area contributed by atoms with Crippen molar-refractivity contribution in [2.24, 2.45) is 0 Å². The van der Waals surface area contributed by atoms with Crippen molar-refractivity contribution in [3.8, 4) is 23.0 Å². The van der Waals surface area contributed by atoms with E-state index < -0.39 is 0 Å². The second kappa shape index (κ2) is 7.94. The third-order valence-corrected chi connectivity index (χ3v) is 5.83. The van der Waals surface area contributed by atoms with E-state index in [2.05, 4.69) is 25.4 Å². The highest BCUT2D eigenvalue weighted by Gasteiger charge is 2.30. The van der Waals surface area contributed by atoms with E-state index in [-0.39, 0.29) is 11.9 Å². The molecule has 1 saturated heterocycles. The molecule has 0 unspecified atom stereocenters. The van der Waals surface area contributed by atoms with Crippen LogP contribution in [0.5, 0.6) is 0 Å². The lowest BCUT2D eigenvalue weighted by Gasteiger charge is -2.16. The van der Waals surface area contributed by atoms with Gasteiger partial charge in [-0.1, -0.05) is 65.0 Å². The molecule has 0 saturated carbocycles. The van der Waals surface area contributed by atoms with Crippen LogP contribution in [0.2, 0.25) is 0 Å². The van der Waals surface area contributed by atoms with Crippen LogP contribution in [0.1, 0.15) is 23.0 Å². The number of hydrogen-bond acceptors (Lipinski definition) is 7. The average molecular weight is 437 g/mol. The van der Waals surface area contributed by atoms with Gasteiger partial charge < -0.3 is 9.42 Å². The molecule has 2 aromatic carbocycles. The fourth-order valence-electron chi connectivity index (χ4n) is 4.07. The van der Waals surface area contributed by atoms with Crippen LogP contribution in [0.15, 0.2) is 77.4 Å². The van der Waals surface area contributed by atoms with E-state index in [0.29, 0.717) is 36.2 Å². The van der Waals surface area contributed by atoms with Gasteiger partial charge in [0, 0.05) is 24.0 Å². The predicted molar refractivity (Wildman–Crippen MR) is 120 cm³/mol. The second-order valence-electron chi connectivity index (χ2n) is 7.96. The summed E-state index contributed by atoms with van der Waals surface area (Å²) in [5.41, 5.74) is 2.64. The summed E-state index contributed by atoms with van der Waals surface area (Å²) in [6.07, 6.45) is 2.57. The molecular weight excluding hydrogens is 418 g/mol. The highest BCUT2D eigenvalue weighted by atomic mass is 16.5. The zero-order chi connectivity index (χ0) is 22.2. The number of aromatic nitrogens is 6. The average Bonchev–Trinajstić information content (AvgIpc) is 3.64. The van der Waals surface area contributed by atoms with E-state index in [9.17, 15) is 4.79 Å². The van der Waals surface area contributed by atoms with Crippen molar-refractivity contribution in [3.05, 3.63) is 78.6 Å². The summed E-state index contributed by atoms with van der Waals surface area (Å²) in [5, 5.41) is 13.5. The summed E-state index contributed by atoms with van der Waals surface area (Å²) in [6.45, 7) is 1.17. The quantitative estimate of drug-likeness (QED) is 0.423. The van der Waals surface area contributed by atoms with E-state index >= 15 is 0 Å². The molecule has 1 aliphatic heterocycles. The van der Waals surface area contributed by atoms with Crippen LogP contribution in [0.25, 0.3) is 33.9 Å². The summed E-state index contributed by atoms with van der Waals surface area (Å²) in [5.74, 6) is 0.736. The molecule has 0 bridgehead atoms. The van der Waals surface area contributed by atoms with Gasteiger partial charge >= 0.3 is 0 Å². The first kappa shape index (κ1) is 19.3. The van der Waals surface area contributed by atoms with Crippen LogP contribution in [0.4, 0.5) is 0 Å². The molecule has 1 aliphatic rings. The lowest BCUT2D eigenvalue weighted by atomic mass is 10.2. The second-order valence-corrected chi connectivity index (χ2v) is 7.96. The number of para-hydroxylation sites is 1. The molecule has 0 radical (unpaired) electrons. The van der Waals surface area contributed by atoms with Gasteiger partial charge in [-0.2, -0.15) is 4.98 Å². The molecule has 1 atom stereocenters. The molecule has 0 spiro atoms. The van der Waals surface area contributed by atoms with Crippen molar-refractivity contribution >= 4 is 16.8 Å². The van der Waals surface area contributed by atoms with E-state index in [0.717, 1.165) is 22.9 Å². The monoisotopic (exact) mass is 437 g/mol. The molecule has 6 rings (SSSR count). The van der Waals surface area contributed by atoms with E-state index in [1.807, 2.05) is 65.6 Å². The van der Waals surface area contributed by atoms with Crippen LogP contribution in [0.3, 0.4) is 0 Å². The number of amides is 1. The van der Waals surface area contributed by atoms with Crippen LogP contribution in [0, 0.1) is 0 Å². The van der Waals surface area contributed by atoms with Gasteiger partial charge in [0.2, 0.25) is 5.82 Å². The lowest BCUT2D eigenvalue weighted by Crippen LogP contribution is -2.29. The number of carbonyl (C=O) groups excluding carboxylic acids is 1. The number of fused-ring (bicyclic) bond motifs is 1. The van der Waals surface area contributed by atoms with Gasteiger partial charge in [0.25, 0.3) is 11.8 Å². The minimum Gasteiger partial charge on any atom is -0.335 e. The lowest BCUT2D eigenvalue weighted by molar-refractivity contribution is 0.0781. The van der Waals surface area contributed by atoms with Crippen LogP contribution in [-0.4, -0.2) is 54.0 Å². The first-order valence-electron chi connectivity index (χ1n) is 10.7. The number of likely N-dealkylation sites (tertiary alicyclic amines) is 1. The van der Waals surface area contributed by atoms with Gasteiger partial charge in [0.05, 0.1) is 17.8 Å². The zero-order valence-corrected chi connectivity index (χ0v) is 17.6. The van der Waals surface area contributed by atoms with Gasteiger partial charge in [-0.25, -0.2) is 9.67 Å². The standard InChI is InChI=1S/C24H19N7O2/c32-24(20-11-10-16-6-4-5-9-19(16)25-20)30-13-12-18(14-30)31-15-21(27-29-31)23-26-22(28-33-23)17-7-2-1-3-8-17/h1-11,15,18H,12-14H2/t18-/m0/s1. The van der Waals surface area contributed by atoms with Crippen LogP contribution in [-0.2, 0) is 0 Å². The molecule has 162 valence electrons. The highest BCUT2D eigenvalue weighted by Crippen LogP contribution is 2.25. The van der Waals surface area contributed by atoms with Crippen molar-refractivity contribution in [1.29, 1.82) is 0 Å². The SMILES string of the molecule is O=C(c1ccc2ccccc2n1)N1CC[C@H](n2cc(-c3nc(-c4ccccc4)no3)nn2)C1. The number of nitrogens with zero attached hydrogens (tertiary/aromatic N) is 7. The minimum absolute atomic E-state index is 0.0205. The fraction of sp³-hybridized carbons (Fsp3) is 0.167. The van der Waals surface area contributed by atoms with E-state index in [4.69, 9.17) is 4.52 Å². The molecule has 9 heteroatoms. The number of hydrogen-bond donors (Lipinski definition) is 0. The molecule has 1 amide bonds. The molecule has 33 heavy (non-hydrogen) atoms. The largest absolute Gasteiger partial charge is 0.335 e. The van der Waals surface area contributed by atoms with Crippen molar-refractivity contribution in [2.45, 2.75) is 12.5 Å². The Morgan fingerprint density at radius 1 is 0.970 bits per heavy atom. The van der Waals surface area contributed by atoms with Crippen LogP contribution < -0.4 is 0 Å². The molecule has 0 aliphatic carbocycles.